The van der Waals surface area contributed by atoms with Crippen LogP contribution >= 0.6 is 11.3 Å². The van der Waals surface area contributed by atoms with Gasteiger partial charge in [0.05, 0.1) is 0 Å². The van der Waals surface area contributed by atoms with Crippen LogP contribution < -0.4 is 4.72 Å². The summed E-state index contributed by atoms with van der Waals surface area (Å²) in [6.45, 7) is 2.03. The summed E-state index contributed by atoms with van der Waals surface area (Å²) < 4.78 is 26.7. The lowest BCUT2D eigenvalue weighted by Gasteiger charge is -2.24. The molecule has 5 nitrogen and oxygen atoms in total. The molecule has 1 fully saturated rings. The third-order valence-corrected chi connectivity index (χ3v) is 6.58. The van der Waals surface area contributed by atoms with Crippen LogP contribution in [0.4, 0.5) is 0 Å². The van der Waals surface area contributed by atoms with Gasteiger partial charge in [0.15, 0.2) is 0 Å². The minimum Gasteiger partial charge on any atom is -0.477 e. The predicted molar refractivity (Wildman–Crippen MR) is 73.2 cm³/mol. The largest absolute Gasteiger partial charge is 0.477 e. The Morgan fingerprint density at radius 2 is 2.21 bits per heavy atom. The Balaban J connectivity index is 2.01. The van der Waals surface area contributed by atoms with Gasteiger partial charge >= 0.3 is 5.97 Å². The van der Waals surface area contributed by atoms with Crippen LogP contribution in [-0.4, -0.2) is 26.0 Å². The monoisotopic (exact) mass is 303 g/mol. The van der Waals surface area contributed by atoms with Gasteiger partial charge in [0.2, 0.25) is 10.0 Å². The van der Waals surface area contributed by atoms with Crippen molar-refractivity contribution in [1.29, 1.82) is 0 Å². The van der Waals surface area contributed by atoms with Gasteiger partial charge in [0.25, 0.3) is 0 Å². The number of aryl methyl sites for hydroxylation is 1. The first-order valence-corrected chi connectivity index (χ1v) is 8.53. The molecule has 2 rings (SSSR count). The standard InChI is InChI=1S/C12H17NO4S2/c1-8-7-10(18-11(8)12(14)15)19(16,17)13-6-5-9-3-2-4-9/h7,9,13H,2-6H2,1H3,(H,14,15). The highest BCUT2D eigenvalue weighted by Gasteiger charge is 2.22. The SMILES string of the molecule is Cc1cc(S(=O)(=O)NCCC2CCC2)sc1C(=O)O. The lowest BCUT2D eigenvalue weighted by molar-refractivity contribution is 0.0701. The van der Waals surface area contributed by atoms with E-state index in [9.17, 15) is 13.2 Å². The number of nitrogens with one attached hydrogen (secondary N) is 1. The second-order valence-corrected chi connectivity index (χ2v) is 7.91. The molecule has 0 spiro atoms. The van der Waals surface area contributed by atoms with Crippen LogP contribution in [-0.2, 0) is 10.0 Å². The van der Waals surface area contributed by atoms with E-state index in [1.807, 2.05) is 0 Å². The summed E-state index contributed by atoms with van der Waals surface area (Å²) >= 11 is 0.803. The topological polar surface area (TPSA) is 83.5 Å². The molecule has 19 heavy (non-hydrogen) atoms. The van der Waals surface area contributed by atoms with E-state index in [1.165, 1.54) is 25.3 Å². The predicted octanol–water partition coefficient (Wildman–Crippen LogP) is 2.22. The molecule has 0 aliphatic heterocycles. The van der Waals surface area contributed by atoms with Crippen LogP contribution in [0.3, 0.4) is 0 Å². The van der Waals surface area contributed by atoms with Crippen LogP contribution in [0, 0.1) is 12.8 Å². The number of rotatable bonds is 6. The zero-order chi connectivity index (χ0) is 14.0. The Morgan fingerprint density at radius 1 is 1.53 bits per heavy atom. The third-order valence-electron chi connectivity index (χ3n) is 3.42. The maximum Gasteiger partial charge on any atom is 0.346 e. The van der Waals surface area contributed by atoms with Gasteiger partial charge in [-0.2, -0.15) is 0 Å². The molecular formula is C12H17NO4S2. The Bertz CT molecular complexity index is 573. The van der Waals surface area contributed by atoms with E-state index < -0.39 is 16.0 Å². The lowest BCUT2D eigenvalue weighted by atomic mass is 9.83. The van der Waals surface area contributed by atoms with Gasteiger partial charge in [-0.1, -0.05) is 19.3 Å². The van der Waals surface area contributed by atoms with Crippen molar-refractivity contribution in [3.8, 4) is 0 Å². The van der Waals surface area contributed by atoms with E-state index in [2.05, 4.69) is 4.72 Å². The minimum absolute atomic E-state index is 0.0796. The summed E-state index contributed by atoms with van der Waals surface area (Å²) in [4.78, 5) is 11.0. The van der Waals surface area contributed by atoms with Crippen LogP contribution in [0.1, 0.15) is 40.9 Å². The van der Waals surface area contributed by atoms with Gasteiger partial charge in [-0.05, 0) is 30.9 Å². The van der Waals surface area contributed by atoms with Crippen LogP contribution in [0.15, 0.2) is 10.3 Å². The maximum atomic E-state index is 12.0. The van der Waals surface area contributed by atoms with Gasteiger partial charge in [-0.25, -0.2) is 17.9 Å². The molecule has 106 valence electrons. The molecule has 0 radical (unpaired) electrons. The van der Waals surface area contributed by atoms with Crippen molar-refractivity contribution in [2.24, 2.45) is 5.92 Å². The van der Waals surface area contributed by atoms with Gasteiger partial charge in [-0.15, -0.1) is 11.3 Å². The van der Waals surface area contributed by atoms with E-state index >= 15 is 0 Å². The lowest BCUT2D eigenvalue weighted by Crippen LogP contribution is -2.27. The second-order valence-electron chi connectivity index (χ2n) is 4.87. The van der Waals surface area contributed by atoms with E-state index in [-0.39, 0.29) is 9.09 Å². The van der Waals surface area contributed by atoms with Crippen LogP contribution in [0.25, 0.3) is 0 Å². The number of carboxylic acid groups (broad SMARTS) is 1. The molecule has 2 N–H and O–H groups in total. The van der Waals surface area contributed by atoms with Crippen molar-refractivity contribution in [1.82, 2.24) is 4.72 Å². The summed E-state index contributed by atoms with van der Waals surface area (Å²) in [5.74, 6) is -0.444. The molecule has 0 atom stereocenters. The fourth-order valence-electron chi connectivity index (χ4n) is 2.05. The normalized spacial score (nSPS) is 16.3. The number of hydrogen-bond donors (Lipinski definition) is 2. The van der Waals surface area contributed by atoms with Crippen molar-refractivity contribution < 1.29 is 18.3 Å². The number of carboxylic acids is 1. The van der Waals surface area contributed by atoms with E-state index in [4.69, 9.17) is 5.11 Å². The average Bonchev–Trinajstić information content (AvgIpc) is 2.65. The number of carbonyl (C=O) groups is 1. The van der Waals surface area contributed by atoms with E-state index in [0.29, 0.717) is 18.0 Å². The minimum atomic E-state index is -3.57. The van der Waals surface area contributed by atoms with Crippen LogP contribution in [0.5, 0.6) is 0 Å². The molecule has 0 unspecified atom stereocenters. The molecule has 1 aliphatic rings. The first-order chi connectivity index (χ1) is 8.90. The molecule has 0 amide bonds. The zero-order valence-corrected chi connectivity index (χ0v) is 12.3. The molecule has 0 saturated heterocycles. The molecule has 1 aromatic heterocycles. The van der Waals surface area contributed by atoms with E-state index in [0.717, 1.165) is 17.8 Å². The molecule has 0 aromatic carbocycles. The van der Waals surface area contributed by atoms with Crippen molar-refractivity contribution in [2.45, 2.75) is 36.8 Å². The van der Waals surface area contributed by atoms with E-state index in [1.54, 1.807) is 6.92 Å². The Labute approximate surface area is 116 Å². The van der Waals surface area contributed by atoms with Gasteiger partial charge in [0, 0.05) is 6.54 Å². The number of sulfonamides is 1. The average molecular weight is 303 g/mol. The highest BCUT2D eigenvalue weighted by molar-refractivity contribution is 7.91. The molecule has 1 saturated carbocycles. The molecule has 1 aliphatic carbocycles. The Kier molecular flexibility index (Phi) is 4.27. The van der Waals surface area contributed by atoms with Gasteiger partial charge in [0.1, 0.15) is 9.09 Å². The Morgan fingerprint density at radius 3 is 2.68 bits per heavy atom. The molecule has 7 heteroatoms. The summed E-state index contributed by atoms with van der Waals surface area (Å²) in [6.07, 6.45) is 4.46. The quantitative estimate of drug-likeness (QED) is 0.844. The zero-order valence-electron chi connectivity index (χ0n) is 10.7. The summed E-state index contributed by atoms with van der Waals surface area (Å²) in [6, 6.07) is 1.42. The summed E-state index contributed by atoms with van der Waals surface area (Å²) in [5.41, 5.74) is 0.483. The Hall–Kier alpha value is -0.920. The first-order valence-electron chi connectivity index (χ1n) is 6.23. The molecular weight excluding hydrogens is 286 g/mol. The van der Waals surface area contributed by atoms with Crippen molar-refractivity contribution >= 4 is 27.3 Å². The van der Waals surface area contributed by atoms with Crippen LogP contribution in [0.2, 0.25) is 0 Å². The molecule has 1 heterocycles. The van der Waals surface area contributed by atoms with Crippen molar-refractivity contribution in [3.63, 3.8) is 0 Å². The second kappa shape index (κ2) is 5.60. The fourth-order valence-corrected chi connectivity index (χ4v) is 4.52. The third kappa shape index (κ3) is 3.34. The number of aromatic carboxylic acids is 1. The van der Waals surface area contributed by atoms with Crippen molar-refractivity contribution in [2.75, 3.05) is 6.54 Å². The highest BCUT2D eigenvalue weighted by atomic mass is 32.2. The number of hydrogen-bond acceptors (Lipinski definition) is 4. The molecule has 1 aromatic rings. The highest BCUT2D eigenvalue weighted by Crippen LogP contribution is 2.29. The van der Waals surface area contributed by atoms with Gasteiger partial charge in [-0.3, -0.25) is 0 Å². The maximum absolute atomic E-state index is 12.0. The first kappa shape index (κ1) is 14.5. The molecule has 0 bridgehead atoms. The smallest absolute Gasteiger partial charge is 0.346 e. The fraction of sp³-hybridized carbons (Fsp3) is 0.583. The summed E-state index contributed by atoms with van der Waals surface area (Å²) in [7, 11) is -3.57. The number of thiophene rings is 1. The van der Waals surface area contributed by atoms with Gasteiger partial charge < -0.3 is 5.11 Å². The van der Waals surface area contributed by atoms with Crippen molar-refractivity contribution in [3.05, 3.63) is 16.5 Å². The summed E-state index contributed by atoms with van der Waals surface area (Å²) in [5, 5.41) is 8.93.